The summed E-state index contributed by atoms with van der Waals surface area (Å²) in [5.41, 5.74) is 6.50. The van der Waals surface area contributed by atoms with Gasteiger partial charge in [-0.2, -0.15) is 0 Å². The molecule has 7 nitrogen and oxygen atoms in total. The number of nitrogens with two attached hydrogens (primary N) is 1. The highest BCUT2D eigenvalue weighted by Crippen LogP contribution is 2.29. The Kier molecular flexibility index (Phi) is 6.30. The van der Waals surface area contributed by atoms with Crippen LogP contribution in [0.5, 0.6) is 11.5 Å². The molecule has 2 aromatic rings. The van der Waals surface area contributed by atoms with E-state index in [-0.39, 0.29) is 22.0 Å². The highest BCUT2D eigenvalue weighted by atomic mass is 35.5. The van der Waals surface area contributed by atoms with Gasteiger partial charge in [0.1, 0.15) is 17.1 Å². The normalized spacial score (nSPS) is 11.4. The van der Waals surface area contributed by atoms with Crippen LogP contribution in [0.4, 0.5) is 11.4 Å². The Balaban J connectivity index is 2.11. The van der Waals surface area contributed by atoms with Gasteiger partial charge in [0.15, 0.2) is 6.10 Å². The molecule has 0 heterocycles. The summed E-state index contributed by atoms with van der Waals surface area (Å²) in [5, 5.41) is 2.83. The van der Waals surface area contributed by atoms with E-state index < -0.39 is 18.0 Å². The molecule has 2 rings (SSSR count). The Morgan fingerprint density at radius 2 is 1.77 bits per heavy atom. The minimum Gasteiger partial charge on any atom is -0.496 e. The Bertz CT molecular complexity index is 825. The number of para-hydroxylation sites is 2. The molecule has 1 atom stereocenters. The van der Waals surface area contributed by atoms with Crippen molar-refractivity contribution in [2.75, 3.05) is 25.3 Å². The minimum atomic E-state index is -1.06. The van der Waals surface area contributed by atoms with Gasteiger partial charge in [0.05, 0.1) is 30.6 Å². The summed E-state index contributed by atoms with van der Waals surface area (Å²) in [6.45, 7) is 1.45. The second-order valence-electron chi connectivity index (χ2n) is 5.31. The summed E-state index contributed by atoms with van der Waals surface area (Å²) in [6.07, 6.45) is -1.06. The first-order valence-electron chi connectivity index (χ1n) is 7.65. The minimum absolute atomic E-state index is 0.0728. The van der Waals surface area contributed by atoms with Crippen LogP contribution in [0.1, 0.15) is 17.3 Å². The number of amides is 1. The lowest BCUT2D eigenvalue weighted by atomic mass is 10.2. The maximum Gasteiger partial charge on any atom is 0.342 e. The lowest BCUT2D eigenvalue weighted by Crippen LogP contribution is -2.30. The number of halogens is 1. The van der Waals surface area contributed by atoms with Gasteiger partial charge in [-0.25, -0.2) is 4.79 Å². The molecule has 0 bridgehead atoms. The fourth-order valence-corrected chi connectivity index (χ4v) is 2.32. The van der Waals surface area contributed by atoms with Crippen LogP contribution in [-0.2, 0) is 9.53 Å². The molecule has 2 aromatic carbocycles. The predicted octanol–water partition coefficient (Wildman–Crippen LogP) is 3.12. The molecular formula is C18H19ClN2O5. The fourth-order valence-electron chi connectivity index (χ4n) is 2.16. The van der Waals surface area contributed by atoms with Gasteiger partial charge in [0.2, 0.25) is 0 Å². The van der Waals surface area contributed by atoms with Gasteiger partial charge in [-0.1, -0.05) is 23.7 Å². The first kappa shape index (κ1) is 19.4. The maximum absolute atomic E-state index is 12.4. The van der Waals surface area contributed by atoms with Gasteiger partial charge in [0.25, 0.3) is 5.91 Å². The predicted molar refractivity (Wildman–Crippen MR) is 98.9 cm³/mol. The Labute approximate surface area is 156 Å². The van der Waals surface area contributed by atoms with Gasteiger partial charge in [0, 0.05) is 6.07 Å². The van der Waals surface area contributed by atoms with Crippen molar-refractivity contribution in [2.45, 2.75) is 13.0 Å². The number of methoxy groups -OCH3 is 2. The third kappa shape index (κ3) is 4.37. The molecule has 0 saturated heterocycles. The molecule has 0 unspecified atom stereocenters. The van der Waals surface area contributed by atoms with Crippen LogP contribution in [0.25, 0.3) is 0 Å². The average molecular weight is 379 g/mol. The van der Waals surface area contributed by atoms with Gasteiger partial charge in [-0.3, -0.25) is 4.79 Å². The van der Waals surface area contributed by atoms with Gasteiger partial charge < -0.3 is 25.3 Å². The SMILES string of the molecule is COc1ccccc1NC(=O)[C@@H](C)OC(=O)c1cc(Cl)c(N)cc1OC. The van der Waals surface area contributed by atoms with E-state index in [4.69, 9.17) is 31.5 Å². The number of carbonyl (C=O) groups excluding carboxylic acids is 2. The first-order valence-corrected chi connectivity index (χ1v) is 8.03. The van der Waals surface area contributed by atoms with Gasteiger partial charge in [-0.05, 0) is 25.1 Å². The average Bonchev–Trinajstić information content (AvgIpc) is 2.63. The van der Waals surface area contributed by atoms with E-state index in [0.29, 0.717) is 11.4 Å². The van der Waals surface area contributed by atoms with Crippen LogP contribution < -0.4 is 20.5 Å². The zero-order valence-electron chi connectivity index (χ0n) is 14.5. The van der Waals surface area contributed by atoms with Crippen LogP contribution >= 0.6 is 11.6 Å². The van der Waals surface area contributed by atoms with Crippen LogP contribution in [0.15, 0.2) is 36.4 Å². The van der Waals surface area contributed by atoms with Gasteiger partial charge in [-0.15, -0.1) is 0 Å². The van der Waals surface area contributed by atoms with Crippen molar-refractivity contribution in [2.24, 2.45) is 0 Å². The first-order chi connectivity index (χ1) is 12.4. The number of nitrogens with one attached hydrogen (secondary N) is 1. The summed E-state index contributed by atoms with van der Waals surface area (Å²) in [4.78, 5) is 24.7. The number of benzene rings is 2. The smallest absolute Gasteiger partial charge is 0.342 e. The van der Waals surface area contributed by atoms with Crippen molar-refractivity contribution in [1.82, 2.24) is 0 Å². The second-order valence-corrected chi connectivity index (χ2v) is 5.72. The number of anilines is 2. The van der Waals surface area contributed by atoms with E-state index in [0.717, 1.165) is 0 Å². The quantitative estimate of drug-likeness (QED) is 0.591. The van der Waals surface area contributed by atoms with E-state index in [2.05, 4.69) is 5.32 Å². The summed E-state index contributed by atoms with van der Waals surface area (Å²) < 4.78 is 15.5. The molecule has 0 aromatic heterocycles. The topological polar surface area (TPSA) is 99.9 Å². The Hall–Kier alpha value is -2.93. The number of hydrogen-bond donors (Lipinski definition) is 2. The number of nitrogen functional groups attached to an aromatic ring is 1. The fraction of sp³-hybridized carbons (Fsp3) is 0.222. The van der Waals surface area contributed by atoms with Crippen molar-refractivity contribution in [3.63, 3.8) is 0 Å². The highest BCUT2D eigenvalue weighted by molar-refractivity contribution is 6.33. The van der Waals surface area contributed by atoms with Crippen molar-refractivity contribution < 1.29 is 23.8 Å². The molecule has 8 heteroatoms. The van der Waals surface area contributed by atoms with E-state index in [1.807, 2.05) is 0 Å². The van der Waals surface area contributed by atoms with E-state index in [1.165, 1.54) is 33.3 Å². The third-order valence-electron chi connectivity index (χ3n) is 3.56. The van der Waals surface area contributed by atoms with E-state index >= 15 is 0 Å². The molecule has 138 valence electrons. The third-order valence-corrected chi connectivity index (χ3v) is 3.88. The molecule has 1 amide bonds. The zero-order chi connectivity index (χ0) is 19.3. The number of carbonyl (C=O) groups is 2. The molecule has 0 spiro atoms. The Morgan fingerprint density at radius 3 is 2.42 bits per heavy atom. The summed E-state index contributed by atoms with van der Waals surface area (Å²) in [6, 6.07) is 9.65. The molecule has 0 aliphatic heterocycles. The largest absolute Gasteiger partial charge is 0.496 e. The highest BCUT2D eigenvalue weighted by Gasteiger charge is 2.23. The summed E-state index contributed by atoms with van der Waals surface area (Å²) in [5.74, 6) is -0.574. The number of ether oxygens (including phenoxy) is 3. The molecule has 0 radical (unpaired) electrons. The second kappa shape index (κ2) is 8.44. The maximum atomic E-state index is 12.4. The van der Waals surface area contributed by atoms with E-state index in [9.17, 15) is 9.59 Å². The summed E-state index contributed by atoms with van der Waals surface area (Å²) in [7, 11) is 2.88. The standard InChI is InChI=1S/C18H19ClN2O5/c1-10(17(22)21-14-6-4-5-7-15(14)24-2)26-18(23)11-8-12(19)13(20)9-16(11)25-3/h4-10H,20H2,1-3H3,(H,21,22)/t10-/m1/s1. The van der Waals surface area contributed by atoms with Crippen molar-refractivity contribution >= 4 is 34.9 Å². The summed E-state index contributed by atoms with van der Waals surface area (Å²) >= 11 is 5.95. The van der Waals surface area contributed by atoms with Crippen molar-refractivity contribution in [3.8, 4) is 11.5 Å². The molecule has 0 fully saturated rings. The van der Waals surface area contributed by atoms with E-state index in [1.54, 1.807) is 24.3 Å². The van der Waals surface area contributed by atoms with Crippen molar-refractivity contribution in [1.29, 1.82) is 0 Å². The van der Waals surface area contributed by atoms with Crippen LogP contribution in [0, 0.1) is 0 Å². The van der Waals surface area contributed by atoms with Crippen LogP contribution in [-0.4, -0.2) is 32.2 Å². The number of esters is 1. The number of hydrogen-bond acceptors (Lipinski definition) is 6. The molecule has 0 aliphatic carbocycles. The number of rotatable bonds is 6. The van der Waals surface area contributed by atoms with Crippen molar-refractivity contribution in [3.05, 3.63) is 47.0 Å². The Morgan fingerprint density at radius 1 is 1.12 bits per heavy atom. The molecule has 3 N–H and O–H groups in total. The molecule has 26 heavy (non-hydrogen) atoms. The molecular weight excluding hydrogens is 360 g/mol. The van der Waals surface area contributed by atoms with Crippen LogP contribution in [0.2, 0.25) is 5.02 Å². The lowest BCUT2D eigenvalue weighted by Gasteiger charge is -2.16. The molecule has 0 aliphatic rings. The molecule has 0 saturated carbocycles. The van der Waals surface area contributed by atoms with Gasteiger partial charge >= 0.3 is 5.97 Å². The monoisotopic (exact) mass is 378 g/mol. The lowest BCUT2D eigenvalue weighted by molar-refractivity contribution is -0.123. The van der Waals surface area contributed by atoms with Crippen LogP contribution in [0.3, 0.4) is 0 Å². The zero-order valence-corrected chi connectivity index (χ0v) is 15.3.